The van der Waals surface area contributed by atoms with E-state index >= 15 is 0 Å². The van der Waals surface area contributed by atoms with E-state index in [2.05, 4.69) is 5.32 Å². The number of nitrogens with zero attached hydrogens (tertiary/aromatic N) is 1. The number of hydrogen-bond acceptors (Lipinski definition) is 2. The lowest BCUT2D eigenvalue weighted by Gasteiger charge is -2.17. The van der Waals surface area contributed by atoms with E-state index in [0.717, 1.165) is 19.5 Å². The van der Waals surface area contributed by atoms with Gasteiger partial charge in [-0.25, -0.2) is 4.39 Å². The van der Waals surface area contributed by atoms with Crippen LogP contribution in [-0.4, -0.2) is 37.0 Å². The Labute approximate surface area is 113 Å². The van der Waals surface area contributed by atoms with Crippen LogP contribution in [0.1, 0.15) is 22.3 Å². The lowest BCUT2D eigenvalue weighted by atomic mass is 10.1. The van der Waals surface area contributed by atoms with Gasteiger partial charge in [-0.2, -0.15) is 0 Å². The highest BCUT2D eigenvalue weighted by molar-refractivity contribution is 5.95. The monoisotopic (exact) mass is 272 g/mol. The van der Waals surface area contributed by atoms with Gasteiger partial charge in [0.15, 0.2) is 0 Å². The Kier molecular flexibility index (Phi) is 5.11. The number of aryl methyl sites for hydroxylation is 1. The third kappa shape index (κ3) is 3.00. The van der Waals surface area contributed by atoms with Crippen molar-refractivity contribution in [3.05, 3.63) is 35.1 Å². The first-order valence-electron chi connectivity index (χ1n) is 5.84. The number of halogens is 2. The molecule has 1 atom stereocenters. The average Bonchev–Trinajstić information content (AvgIpc) is 2.76. The first kappa shape index (κ1) is 14.9. The molecule has 1 unspecified atom stereocenters. The molecular formula is C13H18ClFN2O. The summed E-state index contributed by atoms with van der Waals surface area (Å²) in [7, 11) is 1.90. The summed E-state index contributed by atoms with van der Waals surface area (Å²) >= 11 is 0. The summed E-state index contributed by atoms with van der Waals surface area (Å²) < 4.78 is 13.0. The normalized spacial score (nSPS) is 18.6. The van der Waals surface area contributed by atoms with E-state index in [1.807, 2.05) is 11.9 Å². The summed E-state index contributed by atoms with van der Waals surface area (Å²) in [6.45, 7) is 3.26. The second-order valence-electron chi connectivity index (χ2n) is 4.48. The molecule has 1 aliphatic rings. The van der Waals surface area contributed by atoms with Crippen LogP contribution < -0.4 is 5.32 Å². The molecule has 1 amide bonds. The lowest BCUT2D eigenvalue weighted by Crippen LogP contribution is -2.33. The molecule has 0 aromatic heterocycles. The van der Waals surface area contributed by atoms with Gasteiger partial charge in [-0.3, -0.25) is 4.79 Å². The molecule has 2 rings (SSSR count). The minimum Gasteiger partial charge on any atom is -0.337 e. The first-order valence-corrected chi connectivity index (χ1v) is 5.84. The predicted molar refractivity (Wildman–Crippen MR) is 71.8 cm³/mol. The van der Waals surface area contributed by atoms with Crippen molar-refractivity contribution in [3.63, 3.8) is 0 Å². The number of carbonyl (C=O) groups is 1. The van der Waals surface area contributed by atoms with E-state index in [-0.39, 0.29) is 24.1 Å². The average molecular weight is 273 g/mol. The van der Waals surface area contributed by atoms with E-state index in [9.17, 15) is 9.18 Å². The van der Waals surface area contributed by atoms with Crippen LogP contribution in [0.5, 0.6) is 0 Å². The molecule has 5 heteroatoms. The third-order valence-corrected chi connectivity index (χ3v) is 3.30. The van der Waals surface area contributed by atoms with Crippen molar-refractivity contribution in [3.8, 4) is 0 Å². The van der Waals surface area contributed by atoms with Gasteiger partial charge in [-0.15, -0.1) is 12.4 Å². The van der Waals surface area contributed by atoms with Gasteiger partial charge in [0.05, 0.1) is 0 Å². The highest BCUT2D eigenvalue weighted by atomic mass is 35.5. The number of nitrogens with one attached hydrogen (secondary N) is 1. The summed E-state index contributed by atoms with van der Waals surface area (Å²) in [4.78, 5) is 14.0. The van der Waals surface area contributed by atoms with Crippen LogP contribution in [-0.2, 0) is 0 Å². The van der Waals surface area contributed by atoms with Crippen molar-refractivity contribution in [2.75, 3.05) is 20.1 Å². The Bertz CT molecular complexity index is 439. The minimum atomic E-state index is -0.298. The van der Waals surface area contributed by atoms with Crippen molar-refractivity contribution in [2.24, 2.45) is 0 Å². The quantitative estimate of drug-likeness (QED) is 0.893. The number of carbonyl (C=O) groups excluding carboxylic acids is 1. The van der Waals surface area contributed by atoms with Crippen molar-refractivity contribution in [2.45, 2.75) is 19.4 Å². The summed E-state index contributed by atoms with van der Waals surface area (Å²) in [6, 6.07) is 4.68. The Morgan fingerprint density at radius 1 is 1.50 bits per heavy atom. The molecular weight excluding hydrogens is 255 g/mol. The molecule has 0 radical (unpaired) electrons. The van der Waals surface area contributed by atoms with Gasteiger partial charge in [-0.05, 0) is 44.2 Å². The second kappa shape index (κ2) is 6.16. The van der Waals surface area contributed by atoms with E-state index < -0.39 is 0 Å². The van der Waals surface area contributed by atoms with Gasteiger partial charge in [0.1, 0.15) is 5.82 Å². The zero-order valence-electron chi connectivity index (χ0n) is 10.6. The Morgan fingerprint density at radius 3 is 2.78 bits per heavy atom. The highest BCUT2D eigenvalue weighted by Crippen LogP contribution is 2.17. The molecule has 1 saturated heterocycles. The van der Waals surface area contributed by atoms with E-state index in [4.69, 9.17) is 0 Å². The molecule has 18 heavy (non-hydrogen) atoms. The molecule has 1 N–H and O–H groups in total. The van der Waals surface area contributed by atoms with Crippen molar-refractivity contribution in [1.29, 1.82) is 0 Å². The van der Waals surface area contributed by atoms with Crippen LogP contribution >= 0.6 is 12.4 Å². The molecule has 0 bridgehead atoms. The minimum absolute atomic E-state index is 0. The number of amides is 1. The zero-order chi connectivity index (χ0) is 12.4. The molecule has 1 aliphatic heterocycles. The highest BCUT2D eigenvalue weighted by Gasteiger charge is 2.26. The molecule has 3 nitrogen and oxygen atoms in total. The zero-order valence-corrected chi connectivity index (χ0v) is 11.4. The fraction of sp³-hybridized carbons (Fsp3) is 0.462. The van der Waals surface area contributed by atoms with Gasteiger partial charge in [0.2, 0.25) is 0 Å². The number of likely N-dealkylation sites (tertiary alicyclic amines) is 1. The topological polar surface area (TPSA) is 32.3 Å². The molecule has 100 valence electrons. The molecule has 0 saturated carbocycles. The van der Waals surface area contributed by atoms with Crippen LogP contribution in [0, 0.1) is 12.7 Å². The predicted octanol–water partition coefficient (Wildman–Crippen LogP) is 1.99. The molecule has 0 aliphatic carbocycles. The molecule has 1 aromatic carbocycles. The van der Waals surface area contributed by atoms with Gasteiger partial charge in [-0.1, -0.05) is 0 Å². The smallest absolute Gasteiger partial charge is 0.254 e. The Hall–Kier alpha value is -1.13. The lowest BCUT2D eigenvalue weighted by molar-refractivity contribution is 0.0789. The fourth-order valence-electron chi connectivity index (χ4n) is 2.22. The fourth-order valence-corrected chi connectivity index (χ4v) is 2.22. The number of rotatable bonds is 2. The van der Waals surface area contributed by atoms with Crippen LogP contribution in [0.15, 0.2) is 18.2 Å². The van der Waals surface area contributed by atoms with E-state index in [1.54, 1.807) is 13.0 Å². The van der Waals surface area contributed by atoms with Crippen LogP contribution in [0.2, 0.25) is 0 Å². The van der Waals surface area contributed by atoms with Crippen LogP contribution in [0.3, 0.4) is 0 Å². The van der Waals surface area contributed by atoms with Gasteiger partial charge < -0.3 is 10.2 Å². The summed E-state index contributed by atoms with van der Waals surface area (Å²) in [5.74, 6) is -0.297. The SMILES string of the molecule is CNC1CCN(C(=O)c2ccc(F)cc2C)C1.Cl. The molecule has 0 spiro atoms. The number of hydrogen-bond donors (Lipinski definition) is 1. The Morgan fingerprint density at radius 2 is 2.22 bits per heavy atom. The van der Waals surface area contributed by atoms with E-state index in [1.165, 1.54) is 12.1 Å². The van der Waals surface area contributed by atoms with Crippen molar-refractivity contribution in [1.82, 2.24) is 10.2 Å². The standard InChI is InChI=1S/C13H17FN2O.ClH/c1-9-7-10(14)3-4-12(9)13(17)16-6-5-11(8-16)15-2;/h3-4,7,11,15H,5-6,8H2,1-2H3;1H. The Balaban J connectivity index is 0.00000162. The van der Waals surface area contributed by atoms with E-state index in [0.29, 0.717) is 17.2 Å². The van der Waals surface area contributed by atoms with Gasteiger partial charge >= 0.3 is 0 Å². The van der Waals surface area contributed by atoms with Gasteiger partial charge in [0.25, 0.3) is 5.91 Å². The maximum absolute atomic E-state index is 13.0. The van der Waals surface area contributed by atoms with Crippen LogP contribution in [0.25, 0.3) is 0 Å². The maximum atomic E-state index is 13.0. The summed E-state index contributed by atoms with van der Waals surface area (Å²) in [5, 5.41) is 3.17. The number of likely N-dealkylation sites (N-methyl/N-ethyl adjacent to an activating group) is 1. The summed E-state index contributed by atoms with van der Waals surface area (Å²) in [5.41, 5.74) is 1.30. The van der Waals surface area contributed by atoms with Gasteiger partial charge in [0, 0.05) is 24.7 Å². The first-order chi connectivity index (χ1) is 8.11. The third-order valence-electron chi connectivity index (χ3n) is 3.30. The maximum Gasteiger partial charge on any atom is 0.254 e. The molecule has 1 heterocycles. The molecule has 1 aromatic rings. The number of benzene rings is 1. The van der Waals surface area contributed by atoms with Crippen LogP contribution in [0.4, 0.5) is 4.39 Å². The second-order valence-corrected chi connectivity index (χ2v) is 4.48. The van der Waals surface area contributed by atoms with Crippen molar-refractivity contribution < 1.29 is 9.18 Å². The van der Waals surface area contributed by atoms with Crippen molar-refractivity contribution >= 4 is 18.3 Å². The molecule has 1 fully saturated rings. The summed E-state index contributed by atoms with van der Waals surface area (Å²) in [6.07, 6.45) is 0.975. The largest absolute Gasteiger partial charge is 0.337 e.